The summed E-state index contributed by atoms with van der Waals surface area (Å²) in [6.07, 6.45) is 0. The first-order valence-corrected chi connectivity index (χ1v) is 11.7. The van der Waals surface area contributed by atoms with E-state index in [-0.39, 0.29) is 35.0 Å². The lowest BCUT2D eigenvalue weighted by Crippen LogP contribution is -2.25. The van der Waals surface area contributed by atoms with Crippen molar-refractivity contribution in [2.75, 3.05) is 7.11 Å². The van der Waals surface area contributed by atoms with E-state index in [1.807, 2.05) is 17.5 Å². The van der Waals surface area contributed by atoms with Gasteiger partial charge in [-0.1, -0.05) is 18.2 Å². The molecule has 2 aromatic carbocycles. The van der Waals surface area contributed by atoms with E-state index >= 15 is 0 Å². The Morgan fingerprint density at radius 3 is 2.56 bits per heavy atom. The molecule has 1 heterocycles. The molecule has 7 nitrogen and oxygen atoms in total. The van der Waals surface area contributed by atoms with Gasteiger partial charge in [0, 0.05) is 23.5 Å². The molecule has 0 radical (unpaired) electrons. The maximum atomic E-state index is 12.5. The van der Waals surface area contributed by atoms with E-state index in [0.29, 0.717) is 5.56 Å². The third kappa shape index (κ3) is 6.25. The number of carbonyl (C=O) groups excluding carboxylic acids is 1. The van der Waals surface area contributed by atoms with Gasteiger partial charge in [-0.25, -0.2) is 13.1 Å². The summed E-state index contributed by atoms with van der Waals surface area (Å²) in [6.45, 7) is -2.76. The standard InChI is InChI=1S/C21H20F2N2O5S2/c1-29-19-10-14(7-8-18(19)30-21(22)23)12-24-20(26)15-4-2-6-17(11-15)32(27,28)25-13-16-5-3-9-31-16/h2-11,21,25H,12-13H2,1H3,(H,24,26). The van der Waals surface area contributed by atoms with Crippen molar-refractivity contribution >= 4 is 27.3 Å². The van der Waals surface area contributed by atoms with Gasteiger partial charge in [-0.3, -0.25) is 4.79 Å². The molecule has 1 aromatic heterocycles. The Bertz CT molecular complexity index is 1170. The summed E-state index contributed by atoms with van der Waals surface area (Å²) in [5.74, 6) is -0.514. The maximum absolute atomic E-state index is 12.5. The van der Waals surface area contributed by atoms with E-state index in [4.69, 9.17) is 4.74 Å². The molecule has 0 fully saturated rings. The first-order valence-electron chi connectivity index (χ1n) is 9.30. The van der Waals surface area contributed by atoms with Gasteiger partial charge in [-0.05, 0) is 47.3 Å². The number of sulfonamides is 1. The predicted octanol–water partition coefficient (Wildman–Crippen LogP) is 3.77. The van der Waals surface area contributed by atoms with Gasteiger partial charge in [0.15, 0.2) is 11.5 Å². The molecule has 0 atom stereocenters. The van der Waals surface area contributed by atoms with Crippen LogP contribution in [0.2, 0.25) is 0 Å². The zero-order chi connectivity index (χ0) is 23.1. The van der Waals surface area contributed by atoms with Crippen LogP contribution in [0.5, 0.6) is 11.5 Å². The maximum Gasteiger partial charge on any atom is 0.387 e. The van der Waals surface area contributed by atoms with Crippen molar-refractivity contribution in [3.05, 3.63) is 76.0 Å². The number of benzene rings is 2. The number of hydrogen-bond donors (Lipinski definition) is 2. The van der Waals surface area contributed by atoms with Gasteiger partial charge in [0.2, 0.25) is 10.0 Å². The Balaban J connectivity index is 1.66. The van der Waals surface area contributed by atoms with Crippen LogP contribution in [0.3, 0.4) is 0 Å². The number of halogens is 2. The highest BCUT2D eigenvalue weighted by atomic mass is 32.2. The molecule has 32 heavy (non-hydrogen) atoms. The van der Waals surface area contributed by atoms with Gasteiger partial charge in [-0.2, -0.15) is 8.78 Å². The fourth-order valence-electron chi connectivity index (χ4n) is 2.77. The summed E-state index contributed by atoms with van der Waals surface area (Å²) in [5.41, 5.74) is 0.742. The number of carbonyl (C=O) groups is 1. The Morgan fingerprint density at radius 2 is 1.88 bits per heavy atom. The van der Waals surface area contributed by atoms with Gasteiger partial charge in [0.25, 0.3) is 5.91 Å². The third-order valence-corrected chi connectivity index (χ3v) is 6.60. The van der Waals surface area contributed by atoms with Gasteiger partial charge < -0.3 is 14.8 Å². The van der Waals surface area contributed by atoms with Crippen LogP contribution in [0, 0.1) is 0 Å². The van der Waals surface area contributed by atoms with Gasteiger partial charge in [-0.15, -0.1) is 11.3 Å². The molecule has 0 saturated carbocycles. The van der Waals surface area contributed by atoms with E-state index in [9.17, 15) is 22.0 Å². The molecule has 2 N–H and O–H groups in total. The van der Waals surface area contributed by atoms with Crippen molar-refractivity contribution in [3.8, 4) is 11.5 Å². The molecule has 1 amide bonds. The average molecular weight is 483 g/mol. The fourth-order valence-corrected chi connectivity index (χ4v) is 4.55. The predicted molar refractivity (Wildman–Crippen MR) is 116 cm³/mol. The highest BCUT2D eigenvalue weighted by molar-refractivity contribution is 7.89. The number of nitrogens with one attached hydrogen (secondary N) is 2. The lowest BCUT2D eigenvalue weighted by Gasteiger charge is -2.12. The van der Waals surface area contributed by atoms with Crippen LogP contribution in [-0.4, -0.2) is 28.0 Å². The molecule has 170 valence electrons. The molecule has 0 aliphatic rings. The molecular formula is C21H20F2N2O5S2. The Labute approximate surface area is 188 Å². The zero-order valence-corrected chi connectivity index (χ0v) is 18.5. The van der Waals surface area contributed by atoms with Gasteiger partial charge >= 0.3 is 6.61 Å². The minimum absolute atomic E-state index is 0.0307. The molecular weight excluding hydrogens is 462 g/mol. The summed E-state index contributed by atoms with van der Waals surface area (Å²) in [7, 11) is -2.48. The van der Waals surface area contributed by atoms with Crippen LogP contribution in [0.4, 0.5) is 8.78 Å². The number of amides is 1. The highest BCUT2D eigenvalue weighted by Gasteiger charge is 2.17. The molecule has 0 unspecified atom stereocenters. The zero-order valence-electron chi connectivity index (χ0n) is 16.9. The molecule has 0 aliphatic carbocycles. The number of thiophene rings is 1. The molecule has 3 aromatic rings. The van der Waals surface area contributed by atoms with E-state index in [1.54, 1.807) is 0 Å². The summed E-state index contributed by atoms with van der Waals surface area (Å²) in [5, 5.41) is 4.51. The second kappa shape index (κ2) is 10.5. The van der Waals surface area contributed by atoms with Crippen molar-refractivity contribution in [1.82, 2.24) is 10.0 Å². The summed E-state index contributed by atoms with van der Waals surface area (Å²) < 4.78 is 61.9. The smallest absolute Gasteiger partial charge is 0.387 e. The fraction of sp³-hybridized carbons (Fsp3) is 0.190. The van der Waals surface area contributed by atoms with Crippen LogP contribution in [0.15, 0.2) is 64.9 Å². The minimum Gasteiger partial charge on any atom is -0.493 e. The molecule has 0 aliphatic heterocycles. The summed E-state index contributed by atoms with van der Waals surface area (Å²) >= 11 is 1.43. The highest BCUT2D eigenvalue weighted by Crippen LogP contribution is 2.29. The third-order valence-electron chi connectivity index (χ3n) is 4.32. The Morgan fingerprint density at radius 1 is 1.06 bits per heavy atom. The van der Waals surface area contributed by atoms with Crippen molar-refractivity contribution in [2.45, 2.75) is 24.6 Å². The minimum atomic E-state index is -3.80. The van der Waals surface area contributed by atoms with Crippen molar-refractivity contribution < 1.29 is 31.5 Å². The average Bonchev–Trinajstić information content (AvgIpc) is 3.30. The van der Waals surface area contributed by atoms with E-state index in [1.165, 1.54) is 60.9 Å². The summed E-state index contributed by atoms with van der Waals surface area (Å²) in [4.78, 5) is 13.4. The molecule has 0 spiro atoms. The first kappa shape index (κ1) is 23.6. The number of rotatable bonds is 10. The van der Waals surface area contributed by atoms with Crippen molar-refractivity contribution in [3.63, 3.8) is 0 Å². The number of methoxy groups -OCH3 is 1. The van der Waals surface area contributed by atoms with E-state index in [2.05, 4.69) is 14.8 Å². The number of alkyl halides is 2. The lowest BCUT2D eigenvalue weighted by atomic mass is 10.1. The largest absolute Gasteiger partial charge is 0.493 e. The Hall–Kier alpha value is -3.02. The SMILES string of the molecule is COc1cc(CNC(=O)c2cccc(S(=O)(=O)NCc3cccs3)c2)ccc1OC(F)F. The number of ether oxygens (including phenoxy) is 2. The van der Waals surface area contributed by atoms with E-state index < -0.39 is 22.5 Å². The second-order valence-electron chi connectivity index (χ2n) is 6.48. The monoisotopic (exact) mass is 482 g/mol. The normalized spacial score (nSPS) is 11.4. The van der Waals surface area contributed by atoms with E-state index in [0.717, 1.165) is 4.88 Å². The first-order chi connectivity index (χ1) is 15.3. The topological polar surface area (TPSA) is 93.7 Å². The van der Waals surface area contributed by atoms with Crippen LogP contribution < -0.4 is 19.5 Å². The second-order valence-corrected chi connectivity index (χ2v) is 9.28. The van der Waals surface area contributed by atoms with Crippen LogP contribution in [-0.2, 0) is 23.1 Å². The quantitative estimate of drug-likeness (QED) is 0.459. The molecule has 0 saturated heterocycles. The van der Waals surface area contributed by atoms with Crippen molar-refractivity contribution in [2.24, 2.45) is 0 Å². The van der Waals surface area contributed by atoms with Crippen LogP contribution in [0.1, 0.15) is 20.8 Å². The Kier molecular flexibility index (Phi) is 7.78. The molecule has 3 rings (SSSR count). The van der Waals surface area contributed by atoms with Crippen LogP contribution >= 0.6 is 11.3 Å². The van der Waals surface area contributed by atoms with Gasteiger partial charge in [0.05, 0.1) is 12.0 Å². The van der Waals surface area contributed by atoms with Gasteiger partial charge in [0.1, 0.15) is 0 Å². The summed E-state index contributed by atoms with van der Waals surface area (Å²) in [6, 6.07) is 13.6. The molecule has 0 bridgehead atoms. The number of hydrogen-bond acceptors (Lipinski definition) is 6. The molecule has 11 heteroatoms. The van der Waals surface area contributed by atoms with Crippen LogP contribution in [0.25, 0.3) is 0 Å². The lowest BCUT2D eigenvalue weighted by molar-refractivity contribution is -0.0512. The van der Waals surface area contributed by atoms with Crippen molar-refractivity contribution in [1.29, 1.82) is 0 Å².